The molecule has 0 N–H and O–H groups in total. The highest BCUT2D eigenvalue weighted by Crippen LogP contribution is 2.22. The van der Waals surface area contributed by atoms with Crippen LogP contribution in [0.2, 0.25) is 0 Å². The number of hydrogen-bond donors (Lipinski definition) is 0. The minimum absolute atomic E-state index is 1.26. The lowest BCUT2D eigenvalue weighted by Crippen LogP contribution is -1.85. The molecule has 0 nitrogen and oxygen atoms in total. The number of fused-ring (bicyclic) bond motifs is 2. The van der Waals surface area contributed by atoms with Crippen LogP contribution in [-0.2, 0) is 11.8 Å². The number of rotatable bonds is 2. The molecule has 100 valence electrons. The van der Waals surface area contributed by atoms with E-state index >= 15 is 0 Å². The van der Waals surface area contributed by atoms with E-state index in [4.69, 9.17) is 0 Å². The van der Waals surface area contributed by atoms with E-state index in [1.54, 1.807) is 0 Å². The van der Waals surface area contributed by atoms with E-state index < -0.39 is 0 Å². The summed E-state index contributed by atoms with van der Waals surface area (Å²) in [6, 6.07) is 30.5. The van der Waals surface area contributed by atoms with Crippen LogP contribution < -0.4 is 0 Å². The quantitative estimate of drug-likeness (QED) is 0.350. The number of hydrogen-bond acceptors (Lipinski definition) is 0. The molecule has 0 atom stereocenters. The first-order valence-corrected chi connectivity index (χ1v) is 7.97. The smallest absolute Gasteiger partial charge is 0.0616 e. The van der Waals surface area contributed by atoms with Gasteiger partial charge < -0.3 is 0 Å². The predicted molar refractivity (Wildman–Crippen MR) is 93.2 cm³/mol. The maximum Gasteiger partial charge on any atom is 0.158 e. The highest BCUT2D eigenvalue weighted by Gasteiger charge is 2.08. The van der Waals surface area contributed by atoms with Gasteiger partial charge in [0.05, 0.1) is 0 Å². The first kappa shape index (κ1) is 12.5. The lowest BCUT2D eigenvalue weighted by Gasteiger charge is -1.99. The molecule has 0 aromatic heterocycles. The normalized spacial score (nSPS) is 11.0. The first-order chi connectivity index (χ1) is 10.4. The number of thiol groups is 1. The fraction of sp³-hybridized carbons (Fsp3) is 0. The third-order valence-electron chi connectivity index (χ3n) is 3.72. The van der Waals surface area contributed by atoms with Crippen molar-refractivity contribution >= 4 is 33.3 Å². The van der Waals surface area contributed by atoms with Crippen molar-refractivity contribution in [2.24, 2.45) is 0 Å². The third kappa shape index (κ3) is 2.53. The van der Waals surface area contributed by atoms with E-state index in [9.17, 15) is 0 Å². The Balaban J connectivity index is 1.71. The van der Waals surface area contributed by atoms with Crippen LogP contribution in [0.25, 0.3) is 21.5 Å². The van der Waals surface area contributed by atoms with Crippen molar-refractivity contribution in [2.45, 2.75) is 9.79 Å². The molecule has 0 aliphatic carbocycles. The highest BCUT2D eigenvalue weighted by molar-refractivity contribution is 7.78. The van der Waals surface area contributed by atoms with Gasteiger partial charge in [0.25, 0.3) is 0 Å². The van der Waals surface area contributed by atoms with Gasteiger partial charge >= 0.3 is 0 Å². The van der Waals surface area contributed by atoms with E-state index in [1.165, 1.54) is 43.1 Å². The van der Waals surface area contributed by atoms with Crippen molar-refractivity contribution < 1.29 is 0 Å². The standard InChI is InChI=1S/C20H14S/c1-3-7-17-13-19(11-9-15(17)5-1)21-20-12-10-16-6-2-4-8-18(16)14-20/h1-14H/p+1. The third-order valence-corrected chi connectivity index (χ3v) is 4.80. The van der Waals surface area contributed by atoms with E-state index in [2.05, 4.69) is 84.9 Å². The Morgan fingerprint density at radius 3 is 1.33 bits per heavy atom. The second-order valence-corrected chi connectivity index (χ2v) is 6.43. The molecule has 0 saturated carbocycles. The van der Waals surface area contributed by atoms with Crippen molar-refractivity contribution in [3.8, 4) is 0 Å². The van der Waals surface area contributed by atoms with E-state index in [1.807, 2.05) is 0 Å². The maximum absolute atomic E-state index is 2.28. The SMILES string of the molecule is c1ccc2cc([SH+]c3ccc4ccccc4c3)ccc2c1. The van der Waals surface area contributed by atoms with Gasteiger partial charge in [0, 0.05) is 23.9 Å². The van der Waals surface area contributed by atoms with Gasteiger partial charge in [-0.25, -0.2) is 0 Å². The monoisotopic (exact) mass is 287 g/mol. The summed E-state index contributed by atoms with van der Waals surface area (Å²) >= 11 is 1.26. The molecule has 0 radical (unpaired) electrons. The molecule has 0 unspecified atom stereocenters. The van der Waals surface area contributed by atoms with Gasteiger partial charge in [-0.3, -0.25) is 0 Å². The average molecular weight is 287 g/mol. The second kappa shape index (κ2) is 5.27. The van der Waals surface area contributed by atoms with Crippen molar-refractivity contribution in [3.63, 3.8) is 0 Å². The molecule has 0 bridgehead atoms. The Hall–Kier alpha value is -2.25. The van der Waals surface area contributed by atoms with E-state index in [-0.39, 0.29) is 0 Å². The molecule has 4 rings (SSSR count). The summed E-state index contributed by atoms with van der Waals surface area (Å²) in [6.45, 7) is 0. The van der Waals surface area contributed by atoms with Crippen molar-refractivity contribution in [2.75, 3.05) is 0 Å². The minimum Gasteiger partial charge on any atom is -0.0616 e. The molecule has 0 spiro atoms. The van der Waals surface area contributed by atoms with Gasteiger partial charge in [0.15, 0.2) is 9.79 Å². The van der Waals surface area contributed by atoms with Crippen LogP contribution in [0.5, 0.6) is 0 Å². The topological polar surface area (TPSA) is 0 Å². The zero-order valence-corrected chi connectivity index (χ0v) is 12.4. The van der Waals surface area contributed by atoms with Gasteiger partial charge in [0.2, 0.25) is 0 Å². The van der Waals surface area contributed by atoms with Gasteiger partial charge in [-0.2, -0.15) is 0 Å². The van der Waals surface area contributed by atoms with E-state index in [0.29, 0.717) is 0 Å². The van der Waals surface area contributed by atoms with Crippen molar-refractivity contribution in [1.82, 2.24) is 0 Å². The number of benzene rings is 4. The molecular weight excluding hydrogens is 272 g/mol. The van der Waals surface area contributed by atoms with Gasteiger partial charge in [0.1, 0.15) is 0 Å². The van der Waals surface area contributed by atoms with Gasteiger partial charge in [-0.15, -0.1) is 0 Å². The molecule has 21 heavy (non-hydrogen) atoms. The van der Waals surface area contributed by atoms with Crippen LogP contribution in [0.1, 0.15) is 0 Å². The molecular formula is C20H15S+. The zero-order valence-electron chi connectivity index (χ0n) is 11.5. The summed E-state index contributed by atoms with van der Waals surface area (Å²) in [7, 11) is 0. The Bertz CT molecular complexity index is 847. The van der Waals surface area contributed by atoms with Crippen LogP contribution in [-0.4, -0.2) is 0 Å². The summed E-state index contributed by atoms with van der Waals surface area (Å²) in [5.74, 6) is 0. The Morgan fingerprint density at radius 1 is 0.429 bits per heavy atom. The molecule has 0 aliphatic rings. The molecule has 0 amide bonds. The predicted octanol–water partition coefficient (Wildman–Crippen LogP) is 5.23. The van der Waals surface area contributed by atoms with Crippen LogP contribution in [0, 0.1) is 0 Å². The van der Waals surface area contributed by atoms with Crippen molar-refractivity contribution in [1.29, 1.82) is 0 Å². The Morgan fingerprint density at radius 2 is 0.857 bits per heavy atom. The summed E-state index contributed by atoms with van der Waals surface area (Å²) in [5.41, 5.74) is 0. The van der Waals surface area contributed by atoms with E-state index in [0.717, 1.165) is 0 Å². The highest BCUT2D eigenvalue weighted by atomic mass is 32.2. The first-order valence-electron chi connectivity index (χ1n) is 7.08. The molecule has 4 aromatic carbocycles. The molecule has 0 fully saturated rings. The van der Waals surface area contributed by atoms with Crippen LogP contribution in [0.4, 0.5) is 0 Å². The molecule has 4 aromatic rings. The summed E-state index contributed by atoms with van der Waals surface area (Å²) in [6.07, 6.45) is 0. The molecule has 0 aliphatic heterocycles. The molecule has 1 heteroatoms. The van der Waals surface area contributed by atoms with Crippen LogP contribution in [0.15, 0.2) is 94.7 Å². The average Bonchev–Trinajstić information content (AvgIpc) is 2.55. The summed E-state index contributed by atoms with van der Waals surface area (Å²) in [5, 5.41) is 5.22. The summed E-state index contributed by atoms with van der Waals surface area (Å²) < 4.78 is 0. The minimum atomic E-state index is 1.26. The fourth-order valence-electron chi connectivity index (χ4n) is 2.64. The molecule has 0 heterocycles. The maximum atomic E-state index is 2.28. The largest absolute Gasteiger partial charge is 0.158 e. The lowest BCUT2D eigenvalue weighted by atomic mass is 10.1. The van der Waals surface area contributed by atoms with Crippen LogP contribution in [0.3, 0.4) is 0 Å². The van der Waals surface area contributed by atoms with Crippen LogP contribution >= 0.6 is 0 Å². The zero-order chi connectivity index (χ0) is 14.1. The second-order valence-electron chi connectivity index (χ2n) is 5.17. The molecule has 0 saturated heterocycles. The summed E-state index contributed by atoms with van der Waals surface area (Å²) in [4.78, 5) is 2.67. The van der Waals surface area contributed by atoms with Gasteiger partial charge in [-0.1, -0.05) is 48.5 Å². The van der Waals surface area contributed by atoms with Gasteiger partial charge in [-0.05, 0) is 45.8 Å². The van der Waals surface area contributed by atoms with Crippen molar-refractivity contribution in [3.05, 3.63) is 84.9 Å². The lowest BCUT2D eigenvalue weighted by molar-refractivity contribution is 1.44. The Kier molecular flexibility index (Phi) is 3.13. The fourth-order valence-corrected chi connectivity index (χ4v) is 3.65. The Labute approximate surface area is 128 Å².